The molecule has 0 aliphatic carbocycles. The number of aliphatic hydroxyl groups is 1. The number of anilines is 1. The Morgan fingerprint density at radius 1 is 1.25 bits per heavy atom. The summed E-state index contributed by atoms with van der Waals surface area (Å²) < 4.78 is 13.7. The lowest BCUT2D eigenvalue weighted by atomic mass is 10.0. The van der Waals surface area contributed by atoms with Crippen molar-refractivity contribution in [3.8, 4) is 0 Å². The van der Waals surface area contributed by atoms with Gasteiger partial charge in [0.2, 0.25) is 0 Å². The Labute approximate surface area is 123 Å². The second kappa shape index (κ2) is 6.25. The first-order valence-electron chi connectivity index (χ1n) is 6.41. The van der Waals surface area contributed by atoms with Crippen LogP contribution in [0.5, 0.6) is 0 Å². The monoisotopic (exact) mass is 293 g/mol. The Bertz CT molecular complexity index is 603. The minimum atomic E-state index is -0.393. The van der Waals surface area contributed by atoms with Crippen molar-refractivity contribution in [2.75, 3.05) is 11.9 Å². The van der Waals surface area contributed by atoms with Gasteiger partial charge in [0, 0.05) is 23.3 Å². The molecule has 1 N–H and O–H groups in total. The molecule has 2 aromatic rings. The molecule has 1 unspecified atom stereocenters. The van der Waals surface area contributed by atoms with E-state index in [0.29, 0.717) is 16.3 Å². The van der Waals surface area contributed by atoms with Gasteiger partial charge in [0.1, 0.15) is 5.82 Å². The summed E-state index contributed by atoms with van der Waals surface area (Å²) in [5.41, 5.74) is 2.03. The Balaban J connectivity index is 2.36. The maximum Gasteiger partial charge on any atom is 0.130 e. The van der Waals surface area contributed by atoms with Gasteiger partial charge in [-0.15, -0.1) is 0 Å². The van der Waals surface area contributed by atoms with Crippen molar-refractivity contribution in [1.82, 2.24) is 0 Å². The predicted octanol–water partition coefficient (Wildman–Crippen LogP) is 4.17. The van der Waals surface area contributed by atoms with Gasteiger partial charge in [0.25, 0.3) is 0 Å². The molecule has 106 valence electrons. The summed E-state index contributed by atoms with van der Waals surface area (Å²) in [4.78, 5) is 1.93. The van der Waals surface area contributed by atoms with Gasteiger partial charge in [0.15, 0.2) is 0 Å². The van der Waals surface area contributed by atoms with Crippen molar-refractivity contribution in [3.63, 3.8) is 0 Å². The van der Waals surface area contributed by atoms with E-state index in [0.717, 1.165) is 5.56 Å². The van der Waals surface area contributed by atoms with E-state index in [1.165, 1.54) is 6.07 Å². The van der Waals surface area contributed by atoms with Crippen molar-refractivity contribution in [2.24, 2.45) is 0 Å². The normalized spacial score (nSPS) is 12.2. The average molecular weight is 294 g/mol. The van der Waals surface area contributed by atoms with Gasteiger partial charge in [-0.1, -0.05) is 29.8 Å². The average Bonchev–Trinajstić information content (AvgIpc) is 2.45. The molecule has 0 saturated carbocycles. The third-order valence-electron chi connectivity index (χ3n) is 3.54. The van der Waals surface area contributed by atoms with E-state index < -0.39 is 5.82 Å². The Hall–Kier alpha value is -1.58. The van der Waals surface area contributed by atoms with Crippen LogP contribution >= 0.6 is 11.6 Å². The van der Waals surface area contributed by atoms with Crippen LogP contribution in [0.15, 0.2) is 42.5 Å². The molecular formula is C16H17ClFNO. The highest BCUT2D eigenvalue weighted by molar-refractivity contribution is 6.30. The van der Waals surface area contributed by atoms with Gasteiger partial charge in [-0.05, 0) is 36.8 Å². The maximum absolute atomic E-state index is 13.7. The molecule has 0 heterocycles. The number of nitrogens with zero attached hydrogens (tertiary/aromatic N) is 1. The first kappa shape index (κ1) is 14.8. The molecule has 0 saturated heterocycles. The largest absolute Gasteiger partial charge is 0.391 e. The SMILES string of the molecule is CC(c1cccc(Cl)c1)N(C)c1cccc(F)c1CO. The van der Waals surface area contributed by atoms with Crippen molar-refractivity contribution in [2.45, 2.75) is 19.6 Å². The van der Waals surface area contributed by atoms with Crippen molar-refractivity contribution >= 4 is 17.3 Å². The molecule has 0 aromatic heterocycles. The van der Waals surface area contributed by atoms with E-state index in [-0.39, 0.29) is 12.6 Å². The summed E-state index contributed by atoms with van der Waals surface area (Å²) in [5.74, 6) is -0.393. The highest BCUT2D eigenvalue weighted by atomic mass is 35.5. The standard InChI is InChI=1S/C16H17ClFNO/c1-11(12-5-3-6-13(17)9-12)19(2)16-8-4-7-15(18)14(16)10-20/h3-9,11,20H,10H2,1-2H3. The number of hydrogen-bond acceptors (Lipinski definition) is 2. The van der Waals surface area contributed by atoms with Crippen LogP contribution in [0.25, 0.3) is 0 Å². The molecule has 20 heavy (non-hydrogen) atoms. The Morgan fingerprint density at radius 2 is 1.95 bits per heavy atom. The van der Waals surface area contributed by atoms with Crippen LogP contribution < -0.4 is 4.90 Å². The first-order chi connectivity index (χ1) is 9.54. The summed E-state index contributed by atoms with van der Waals surface area (Å²) in [6.45, 7) is 1.69. The molecule has 0 spiro atoms. The van der Waals surface area contributed by atoms with Gasteiger partial charge in [0.05, 0.1) is 12.6 Å². The van der Waals surface area contributed by atoms with Crippen LogP contribution in [-0.2, 0) is 6.61 Å². The van der Waals surface area contributed by atoms with E-state index in [1.807, 2.05) is 43.1 Å². The maximum atomic E-state index is 13.7. The zero-order valence-electron chi connectivity index (χ0n) is 11.5. The second-order valence-electron chi connectivity index (χ2n) is 4.74. The van der Waals surface area contributed by atoms with Crippen LogP contribution in [0.1, 0.15) is 24.1 Å². The van der Waals surface area contributed by atoms with Gasteiger partial charge in [-0.3, -0.25) is 0 Å². The van der Waals surface area contributed by atoms with E-state index in [1.54, 1.807) is 12.1 Å². The summed E-state index contributed by atoms with van der Waals surface area (Å²) in [6, 6.07) is 12.4. The fraction of sp³-hybridized carbons (Fsp3) is 0.250. The second-order valence-corrected chi connectivity index (χ2v) is 5.17. The fourth-order valence-electron chi connectivity index (χ4n) is 2.23. The van der Waals surface area contributed by atoms with E-state index in [4.69, 9.17) is 11.6 Å². The lowest BCUT2D eigenvalue weighted by Crippen LogP contribution is -2.23. The zero-order chi connectivity index (χ0) is 14.7. The molecule has 0 aliphatic rings. The molecule has 0 amide bonds. The van der Waals surface area contributed by atoms with E-state index in [9.17, 15) is 9.50 Å². The number of benzene rings is 2. The smallest absolute Gasteiger partial charge is 0.130 e. The van der Waals surface area contributed by atoms with Crippen molar-refractivity contribution in [1.29, 1.82) is 0 Å². The van der Waals surface area contributed by atoms with Crippen molar-refractivity contribution < 1.29 is 9.50 Å². The van der Waals surface area contributed by atoms with Crippen LogP contribution in [0.2, 0.25) is 5.02 Å². The number of aliphatic hydroxyl groups excluding tert-OH is 1. The van der Waals surface area contributed by atoms with E-state index in [2.05, 4.69) is 0 Å². The molecule has 0 aliphatic heterocycles. The summed E-state index contributed by atoms with van der Waals surface area (Å²) in [6.07, 6.45) is 0. The molecule has 2 nitrogen and oxygen atoms in total. The lowest BCUT2D eigenvalue weighted by Gasteiger charge is -2.29. The molecule has 0 fully saturated rings. The highest BCUT2D eigenvalue weighted by Gasteiger charge is 2.17. The minimum absolute atomic E-state index is 0.0146. The molecule has 0 bridgehead atoms. The summed E-state index contributed by atoms with van der Waals surface area (Å²) >= 11 is 6.00. The predicted molar refractivity (Wildman–Crippen MR) is 80.6 cm³/mol. The summed E-state index contributed by atoms with van der Waals surface area (Å²) in [7, 11) is 1.87. The molecular weight excluding hydrogens is 277 g/mol. The van der Waals surface area contributed by atoms with Crippen LogP contribution in [0, 0.1) is 5.82 Å². The molecule has 4 heteroatoms. The van der Waals surface area contributed by atoms with E-state index >= 15 is 0 Å². The fourth-order valence-corrected chi connectivity index (χ4v) is 2.43. The number of halogens is 2. The number of hydrogen-bond donors (Lipinski definition) is 1. The molecule has 2 rings (SSSR count). The molecule has 1 atom stereocenters. The lowest BCUT2D eigenvalue weighted by molar-refractivity contribution is 0.276. The topological polar surface area (TPSA) is 23.5 Å². The third-order valence-corrected chi connectivity index (χ3v) is 3.78. The first-order valence-corrected chi connectivity index (χ1v) is 6.79. The van der Waals surface area contributed by atoms with Gasteiger partial charge < -0.3 is 10.0 Å². The highest BCUT2D eigenvalue weighted by Crippen LogP contribution is 2.30. The van der Waals surface area contributed by atoms with Crippen LogP contribution in [0.4, 0.5) is 10.1 Å². The third kappa shape index (κ3) is 2.94. The van der Waals surface area contributed by atoms with Crippen LogP contribution in [0.3, 0.4) is 0 Å². The van der Waals surface area contributed by atoms with Crippen LogP contribution in [-0.4, -0.2) is 12.2 Å². The van der Waals surface area contributed by atoms with Gasteiger partial charge in [-0.25, -0.2) is 4.39 Å². The Morgan fingerprint density at radius 3 is 2.60 bits per heavy atom. The zero-order valence-corrected chi connectivity index (χ0v) is 12.2. The number of rotatable bonds is 4. The van der Waals surface area contributed by atoms with Gasteiger partial charge in [-0.2, -0.15) is 0 Å². The molecule has 2 aromatic carbocycles. The van der Waals surface area contributed by atoms with Crippen molar-refractivity contribution in [3.05, 3.63) is 64.4 Å². The minimum Gasteiger partial charge on any atom is -0.391 e. The Kier molecular flexibility index (Phi) is 4.63. The quantitative estimate of drug-likeness (QED) is 0.914. The molecule has 0 radical (unpaired) electrons. The summed E-state index contributed by atoms with van der Waals surface area (Å²) in [5, 5.41) is 10.0. The van der Waals surface area contributed by atoms with Gasteiger partial charge >= 0.3 is 0 Å².